The van der Waals surface area contributed by atoms with Gasteiger partial charge in [-0.3, -0.25) is 9.59 Å². The standard InChI is InChI=1S/C28H28N2O4/c1-19(31)28(33)34-26-15-9-10-21-18-22(16-17-25(21)26)27(29-20(2)32)30(23-11-5-3-6-12-23)24-13-7-4-8-14-24/h3-15,22,27H,16-18H2,1-2H3,(H,29,32). The molecule has 6 nitrogen and oxygen atoms in total. The van der Waals surface area contributed by atoms with E-state index in [1.807, 2.05) is 72.8 Å². The molecule has 0 aromatic heterocycles. The molecular formula is C28H28N2O4. The highest BCUT2D eigenvalue weighted by molar-refractivity contribution is 6.33. The number of fused-ring (bicyclic) bond motifs is 1. The smallest absolute Gasteiger partial charge is 0.379 e. The summed E-state index contributed by atoms with van der Waals surface area (Å²) in [6, 6.07) is 25.6. The van der Waals surface area contributed by atoms with Crippen molar-refractivity contribution in [1.82, 2.24) is 5.32 Å². The van der Waals surface area contributed by atoms with Crippen LogP contribution >= 0.6 is 0 Å². The lowest BCUT2D eigenvalue weighted by molar-refractivity contribution is -0.146. The van der Waals surface area contributed by atoms with Crippen LogP contribution in [0.5, 0.6) is 5.75 Å². The third kappa shape index (κ3) is 5.17. The highest BCUT2D eigenvalue weighted by Gasteiger charge is 2.33. The van der Waals surface area contributed by atoms with Crippen LogP contribution < -0.4 is 15.0 Å². The summed E-state index contributed by atoms with van der Waals surface area (Å²) in [5, 5.41) is 3.20. The summed E-state index contributed by atoms with van der Waals surface area (Å²) in [6.45, 7) is 2.74. The van der Waals surface area contributed by atoms with Gasteiger partial charge in [0.2, 0.25) is 11.7 Å². The van der Waals surface area contributed by atoms with Crippen LogP contribution in [0.2, 0.25) is 0 Å². The van der Waals surface area contributed by atoms with Crippen molar-refractivity contribution in [3.05, 3.63) is 90.0 Å². The minimum absolute atomic E-state index is 0.100. The van der Waals surface area contributed by atoms with Gasteiger partial charge in [0.15, 0.2) is 0 Å². The number of benzene rings is 3. The summed E-state index contributed by atoms with van der Waals surface area (Å²) >= 11 is 0. The van der Waals surface area contributed by atoms with Gasteiger partial charge in [0, 0.05) is 31.1 Å². The van der Waals surface area contributed by atoms with Gasteiger partial charge < -0.3 is 15.0 Å². The molecule has 0 aliphatic heterocycles. The van der Waals surface area contributed by atoms with Gasteiger partial charge in [-0.2, -0.15) is 0 Å². The second-order valence-corrected chi connectivity index (χ2v) is 8.53. The molecule has 2 unspecified atom stereocenters. The number of Topliss-reactive ketones (excluding diaryl/α,β-unsaturated/α-hetero) is 1. The van der Waals surface area contributed by atoms with Crippen molar-refractivity contribution in [2.45, 2.75) is 39.3 Å². The van der Waals surface area contributed by atoms with Crippen LogP contribution in [0.4, 0.5) is 11.4 Å². The molecule has 34 heavy (non-hydrogen) atoms. The average Bonchev–Trinajstić information content (AvgIpc) is 2.84. The molecule has 1 N–H and O–H groups in total. The first-order valence-electron chi connectivity index (χ1n) is 11.4. The molecule has 1 amide bonds. The molecule has 3 aromatic carbocycles. The molecule has 0 heterocycles. The summed E-state index contributed by atoms with van der Waals surface area (Å²) in [5.74, 6) is -1.04. The van der Waals surface area contributed by atoms with Crippen LogP contribution in [0, 0.1) is 5.92 Å². The fraction of sp³-hybridized carbons (Fsp3) is 0.250. The van der Waals surface area contributed by atoms with Crippen molar-refractivity contribution in [2.75, 3.05) is 4.90 Å². The molecule has 0 saturated heterocycles. The van der Waals surface area contributed by atoms with E-state index in [4.69, 9.17) is 4.74 Å². The van der Waals surface area contributed by atoms with Crippen molar-refractivity contribution in [2.24, 2.45) is 5.92 Å². The van der Waals surface area contributed by atoms with Gasteiger partial charge in [-0.25, -0.2) is 4.79 Å². The number of ether oxygens (including phenoxy) is 1. The maximum Gasteiger partial charge on any atom is 0.379 e. The maximum atomic E-state index is 12.3. The number of anilines is 2. The quantitative estimate of drug-likeness (QED) is 0.244. The number of rotatable bonds is 7. The van der Waals surface area contributed by atoms with Crippen molar-refractivity contribution < 1.29 is 19.1 Å². The molecule has 0 fully saturated rings. The van der Waals surface area contributed by atoms with Crippen molar-refractivity contribution >= 4 is 29.0 Å². The van der Waals surface area contributed by atoms with E-state index in [1.54, 1.807) is 6.07 Å². The Morgan fingerprint density at radius 3 is 2.06 bits per heavy atom. The fourth-order valence-corrected chi connectivity index (χ4v) is 4.59. The van der Waals surface area contributed by atoms with E-state index >= 15 is 0 Å². The zero-order chi connectivity index (χ0) is 24.1. The van der Waals surface area contributed by atoms with Crippen LogP contribution in [-0.2, 0) is 27.2 Å². The zero-order valence-electron chi connectivity index (χ0n) is 19.4. The highest BCUT2D eigenvalue weighted by Crippen LogP contribution is 2.37. The Morgan fingerprint density at radius 1 is 0.882 bits per heavy atom. The van der Waals surface area contributed by atoms with E-state index in [0.29, 0.717) is 18.6 Å². The molecule has 3 aromatic rings. The minimum atomic E-state index is -0.856. The summed E-state index contributed by atoms with van der Waals surface area (Å²) in [4.78, 5) is 37.8. The lowest BCUT2D eigenvalue weighted by Crippen LogP contribution is -2.51. The summed E-state index contributed by atoms with van der Waals surface area (Å²) < 4.78 is 5.35. The molecule has 6 heteroatoms. The summed E-state index contributed by atoms with van der Waals surface area (Å²) in [6.07, 6.45) is 1.87. The molecule has 2 atom stereocenters. The Bertz CT molecular complexity index is 1140. The first kappa shape index (κ1) is 23.2. The third-order valence-electron chi connectivity index (χ3n) is 6.11. The number of carbonyl (C=O) groups is 3. The van der Waals surface area contributed by atoms with Gasteiger partial charge in [-0.15, -0.1) is 0 Å². The van der Waals surface area contributed by atoms with Gasteiger partial charge >= 0.3 is 5.97 Å². The Balaban J connectivity index is 1.69. The molecule has 1 aliphatic rings. The summed E-state index contributed by atoms with van der Waals surface area (Å²) in [7, 11) is 0. The van der Waals surface area contributed by atoms with Crippen molar-refractivity contribution in [3.8, 4) is 5.75 Å². The monoisotopic (exact) mass is 456 g/mol. The predicted octanol–water partition coefficient (Wildman–Crippen LogP) is 4.59. The minimum Gasteiger partial charge on any atom is -0.421 e. The van der Waals surface area contributed by atoms with Gasteiger partial charge in [0.1, 0.15) is 11.9 Å². The van der Waals surface area contributed by atoms with Crippen LogP contribution in [0.1, 0.15) is 31.4 Å². The Kier molecular flexibility index (Phi) is 7.07. The number of para-hydroxylation sites is 2. The van der Waals surface area contributed by atoms with E-state index in [9.17, 15) is 14.4 Å². The Hall–Kier alpha value is -3.93. The average molecular weight is 457 g/mol. The Labute approximate surface area is 199 Å². The maximum absolute atomic E-state index is 12.3. The van der Waals surface area contributed by atoms with Crippen LogP contribution in [0.15, 0.2) is 78.9 Å². The summed E-state index contributed by atoms with van der Waals surface area (Å²) in [5.41, 5.74) is 3.98. The van der Waals surface area contributed by atoms with E-state index in [2.05, 4.69) is 10.2 Å². The predicted molar refractivity (Wildman–Crippen MR) is 131 cm³/mol. The number of nitrogens with zero attached hydrogens (tertiary/aromatic N) is 1. The number of hydrogen-bond acceptors (Lipinski definition) is 5. The van der Waals surface area contributed by atoms with Gasteiger partial charge in [-0.05, 0) is 60.7 Å². The number of esters is 1. The third-order valence-corrected chi connectivity index (χ3v) is 6.11. The molecule has 4 rings (SSSR count). The van der Waals surface area contributed by atoms with Crippen LogP contribution in [0.25, 0.3) is 0 Å². The van der Waals surface area contributed by atoms with Crippen LogP contribution in [0.3, 0.4) is 0 Å². The molecule has 174 valence electrons. The van der Waals surface area contributed by atoms with E-state index < -0.39 is 11.8 Å². The second-order valence-electron chi connectivity index (χ2n) is 8.53. The largest absolute Gasteiger partial charge is 0.421 e. The molecule has 0 spiro atoms. The topological polar surface area (TPSA) is 75.7 Å². The fourth-order valence-electron chi connectivity index (χ4n) is 4.59. The van der Waals surface area contributed by atoms with E-state index in [0.717, 1.165) is 28.9 Å². The number of nitrogens with one attached hydrogen (secondary N) is 1. The number of ketones is 1. The highest BCUT2D eigenvalue weighted by atomic mass is 16.5. The second kappa shape index (κ2) is 10.3. The lowest BCUT2D eigenvalue weighted by Gasteiger charge is -2.41. The normalized spacial score (nSPS) is 15.5. The van der Waals surface area contributed by atoms with Crippen LogP contribution in [-0.4, -0.2) is 23.8 Å². The van der Waals surface area contributed by atoms with Gasteiger partial charge in [-0.1, -0.05) is 48.5 Å². The van der Waals surface area contributed by atoms with Gasteiger partial charge in [0.05, 0.1) is 0 Å². The van der Waals surface area contributed by atoms with E-state index in [1.165, 1.54) is 13.8 Å². The molecule has 0 saturated carbocycles. The number of amides is 1. The first-order chi connectivity index (χ1) is 16.4. The lowest BCUT2D eigenvalue weighted by atomic mass is 9.81. The Morgan fingerprint density at radius 2 is 1.50 bits per heavy atom. The molecule has 1 aliphatic carbocycles. The SMILES string of the molecule is CC(=O)NC(C1CCc2c(cccc2OC(=O)C(C)=O)C1)N(c1ccccc1)c1ccccc1. The first-order valence-corrected chi connectivity index (χ1v) is 11.4. The number of carbonyl (C=O) groups excluding carboxylic acids is 3. The number of hydrogen-bond donors (Lipinski definition) is 1. The van der Waals surface area contributed by atoms with Crippen molar-refractivity contribution in [3.63, 3.8) is 0 Å². The zero-order valence-corrected chi connectivity index (χ0v) is 19.4. The van der Waals surface area contributed by atoms with Crippen molar-refractivity contribution in [1.29, 1.82) is 0 Å². The van der Waals surface area contributed by atoms with Gasteiger partial charge in [0.25, 0.3) is 0 Å². The molecule has 0 bridgehead atoms. The molecule has 0 radical (unpaired) electrons. The van der Waals surface area contributed by atoms with E-state index in [-0.39, 0.29) is 18.0 Å². The molecular weight excluding hydrogens is 428 g/mol.